The van der Waals surface area contributed by atoms with Crippen LogP contribution in [0.5, 0.6) is 11.5 Å². The zero-order valence-corrected chi connectivity index (χ0v) is 16.8. The number of benzene rings is 1. The van der Waals surface area contributed by atoms with Gasteiger partial charge in [-0.3, -0.25) is 9.69 Å². The molecule has 1 amide bonds. The molecule has 0 saturated heterocycles. The highest BCUT2D eigenvalue weighted by atomic mass is 32.1. The van der Waals surface area contributed by atoms with E-state index in [1.54, 1.807) is 18.2 Å². The average molecular weight is 385 g/mol. The predicted molar refractivity (Wildman–Crippen MR) is 106 cm³/mol. The third kappa shape index (κ3) is 3.64. The van der Waals surface area contributed by atoms with Crippen molar-refractivity contribution < 1.29 is 14.3 Å². The van der Waals surface area contributed by atoms with Crippen molar-refractivity contribution in [1.29, 1.82) is 5.26 Å². The summed E-state index contributed by atoms with van der Waals surface area (Å²) in [5.74, 6) is 0.510. The molecule has 0 fully saturated rings. The maximum Gasteiger partial charge on any atom is 0.263 e. The van der Waals surface area contributed by atoms with E-state index in [0.717, 1.165) is 30.0 Å². The highest BCUT2D eigenvalue weighted by molar-refractivity contribution is 7.16. The van der Waals surface area contributed by atoms with Crippen molar-refractivity contribution in [3.05, 3.63) is 39.8 Å². The van der Waals surface area contributed by atoms with Crippen molar-refractivity contribution in [1.82, 2.24) is 4.90 Å². The van der Waals surface area contributed by atoms with Crippen molar-refractivity contribution in [2.45, 2.75) is 32.9 Å². The van der Waals surface area contributed by atoms with Crippen LogP contribution in [0.25, 0.3) is 0 Å². The molecule has 142 valence electrons. The molecule has 6 nitrogen and oxygen atoms in total. The fraction of sp³-hybridized carbons (Fsp3) is 0.400. The van der Waals surface area contributed by atoms with Crippen LogP contribution in [0.3, 0.4) is 0 Å². The fourth-order valence-electron chi connectivity index (χ4n) is 3.31. The second kappa shape index (κ2) is 7.99. The molecule has 0 spiro atoms. The fourth-order valence-corrected chi connectivity index (χ4v) is 4.53. The summed E-state index contributed by atoms with van der Waals surface area (Å²) in [6, 6.07) is 7.91. The molecule has 7 heteroatoms. The lowest BCUT2D eigenvalue weighted by molar-refractivity contribution is 0.102. The van der Waals surface area contributed by atoms with Crippen molar-refractivity contribution in [3.63, 3.8) is 0 Å². The van der Waals surface area contributed by atoms with E-state index in [2.05, 4.69) is 30.1 Å². The predicted octanol–water partition coefficient (Wildman–Crippen LogP) is 3.66. The molecule has 0 bridgehead atoms. The van der Waals surface area contributed by atoms with Gasteiger partial charge in [0.25, 0.3) is 5.91 Å². The molecule has 2 aromatic rings. The van der Waals surface area contributed by atoms with E-state index in [1.165, 1.54) is 25.6 Å². The monoisotopic (exact) mass is 385 g/mol. The quantitative estimate of drug-likeness (QED) is 0.850. The summed E-state index contributed by atoms with van der Waals surface area (Å²) in [6.45, 7) is 6.06. The number of rotatable bonds is 5. The van der Waals surface area contributed by atoms with E-state index in [-0.39, 0.29) is 5.91 Å². The number of nitrogens with one attached hydrogen (secondary N) is 1. The molecule has 3 rings (SSSR count). The Bertz CT molecular complexity index is 876. The summed E-state index contributed by atoms with van der Waals surface area (Å²) < 4.78 is 10.6. The van der Waals surface area contributed by atoms with E-state index in [4.69, 9.17) is 9.47 Å². The number of ether oxygens (including phenoxy) is 2. The molecular weight excluding hydrogens is 362 g/mol. The van der Waals surface area contributed by atoms with Crippen molar-refractivity contribution in [2.24, 2.45) is 0 Å². The highest BCUT2D eigenvalue weighted by Crippen LogP contribution is 2.38. The minimum atomic E-state index is -0.347. The maximum absolute atomic E-state index is 12.9. The molecule has 0 atom stereocenters. The number of carbonyl (C=O) groups is 1. The molecule has 0 saturated carbocycles. The van der Waals surface area contributed by atoms with Gasteiger partial charge in [-0.1, -0.05) is 6.07 Å². The SMILES string of the molecule is COc1cccc(OC)c1C(=O)Nc1sc2c(c1C#N)CCN(C(C)C)C2. The minimum Gasteiger partial charge on any atom is -0.496 e. The second-order valence-electron chi connectivity index (χ2n) is 6.63. The summed E-state index contributed by atoms with van der Waals surface area (Å²) >= 11 is 1.48. The van der Waals surface area contributed by atoms with Crippen molar-refractivity contribution in [3.8, 4) is 17.6 Å². The van der Waals surface area contributed by atoms with Crippen LogP contribution >= 0.6 is 11.3 Å². The lowest BCUT2D eigenvalue weighted by Gasteiger charge is -2.30. The van der Waals surface area contributed by atoms with Crippen LogP contribution in [0.4, 0.5) is 5.00 Å². The Morgan fingerprint density at radius 3 is 2.52 bits per heavy atom. The third-order valence-electron chi connectivity index (χ3n) is 4.81. The number of amides is 1. The number of anilines is 1. The standard InChI is InChI=1S/C20H23N3O3S/c1-12(2)23-9-8-13-14(10-21)20(27-17(13)11-23)22-19(24)18-15(25-3)6-5-7-16(18)26-4/h5-7,12H,8-9,11H2,1-4H3,(H,22,24). The number of nitriles is 1. The molecule has 1 aliphatic heterocycles. The Kier molecular flexibility index (Phi) is 5.68. The molecule has 0 aliphatic carbocycles. The Balaban J connectivity index is 1.94. The zero-order valence-electron chi connectivity index (χ0n) is 16.0. The number of hydrogen-bond acceptors (Lipinski definition) is 6. The summed E-state index contributed by atoms with van der Waals surface area (Å²) in [7, 11) is 3.02. The average Bonchev–Trinajstić information content (AvgIpc) is 3.02. The first-order valence-corrected chi connectivity index (χ1v) is 9.62. The molecule has 1 N–H and O–H groups in total. The third-order valence-corrected chi connectivity index (χ3v) is 5.94. The van der Waals surface area contributed by atoms with E-state index in [9.17, 15) is 10.1 Å². The summed E-state index contributed by atoms with van der Waals surface area (Å²) in [6.07, 6.45) is 0.820. The second-order valence-corrected chi connectivity index (χ2v) is 7.73. The first-order chi connectivity index (χ1) is 13.0. The molecular formula is C20H23N3O3S. The van der Waals surface area contributed by atoms with Gasteiger partial charge in [-0.2, -0.15) is 5.26 Å². The van der Waals surface area contributed by atoms with Gasteiger partial charge in [-0.15, -0.1) is 11.3 Å². The number of fused-ring (bicyclic) bond motifs is 1. The number of thiophene rings is 1. The molecule has 27 heavy (non-hydrogen) atoms. The van der Waals surface area contributed by atoms with Gasteiger partial charge >= 0.3 is 0 Å². The van der Waals surface area contributed by atoms with Gasteiger partial charge in [-0.05, 0) is 38.0 Å². The van der Waals surface area contributed by atoms with Crippen LogP contribution in [0.2, 0.25) is 0 Å². The van der Waals surface area contributed by atoms with Crippen molar-refractivity contribution in [2.75, 3.05) is 26.1 Å². The topological polar surface area (TPSA) is 74.6 Å². The van der Waals surface area contributed by atoms with Gasteiger partial charge in [0.15, 0.2) is 0 Å². The van der Waals surface area contributed by atoms with Crippen LogP contribution < -0.4 is 14.8 Å². The van der Waals surface area contributed by atoms with Crippen LogP contribution in [0.15, 0.2) is 18.2 Å². The number of hydrogen-bond donors (Lipinski definition) is 1. The zero-order chi connectivity index (χ0) is 19.6. The number of nitrogens with zero attached hydrogens (tertiary/aromatic N) is 2. The summed E-state index contributed by atoms with van der Waals surface area (Å²) in [5.41, 5.74) is 1.95. The summed E-state index contributed by atoms with van der Waals surface area (Å²) in [4.78, 5) is 16.5. The van der Waals surface area contributed by atoms with Gasteiger partial charge in [0.05, 0.1) is 19.8 Å². The minimum absolute atomic E-state index is 0.321. The van der Waals surface area contributed by atoms with Gasteiger partial charge < -0.3 is 14.8 Å². The Labute approximate surface area is 163 Å². The van der Waals surface area contributed by atoms with Crippen LogP contribution in [0.1, 0.15) is 40.2 Å². The largest absolute Gasteiger partial charge is 0.496 e. The first kappa shape index (κ1) is 19.2. The maximum atomic E-state index is 12.9. The van der Waals surface area contributed by atoms with Gasteiger partial charge in [-0.25, -0.2) is 0 Å². The number of carbonyl (C=O) groups excluding carboxylic acids is 1. The molecule has 1 aliphatic rings. The number of methoxy groups -OCH3 is 2. The van der Waals surface area contributed by atoms with E-state index in [0.29, 0.717) is 33.7 Å². The van der Waals surface area contributed by atoms with E-state index < -0.39 is 0 Å². The molecule has 0 unspecified atom stereocenters. The van der Waals surface area contributed by atoms with Gasteiger partial charge in [0.2, 0.25) is 0 Å². The van der Waals surface area contributed by atoms with Crippen LogP contribution in [-0.4, -0.2) is 37.6 Å². The lowest BCUT2D eigenvalue weighted by atomic mass is 10.0. The summed E-state index contributed by atoms with van der Waals surface area (Å²) in [5, 5.41) is 13.2. The van der Waals surface area contributed by atoms with E-state index in [1.807, 2.05) is 0 Å². The molecule has 1 aromatic heterocycles. The van der Waals surface area contributed by atoms with Crippen LogP contribution in [0, 0.1) is 11.3 Å². The van der Waals surface area contributed by atoms with Crippen LogP contribution in [-0.2, 0) is 13.0 Å². The lowest BCUT2D eigenvalue weighted by Crippen LogP contribution is -2.35. The Morgan fingerprint density at radius 1 is 1.30 bits per heavy atom. The van der Waals surface area contributed by atoms with Gasteiger partial charge in [0, 0.05) is 24.0 Å². The normalized spacial score (nSPS) is 13.8. The first-order valence-electron chi connectivity index (χ1n) is 8.81. The molecule has 0 radical (unpaired) electrons. The smallest absolute Gasteiger partial charge is 0.263 e. The van der Waals surface area contributed by atoms with Crippen molar-refractivity contribution >= 4 is 22.2 Å². The molecule has 2 heterocycles. The van der Waals surface area contributed by atoms with E-state index >= 15 is 0 Å². The molecule has 1 aromatic carbocycles. The Hall–Kier alpha value is -2.56. The highest BCUT2D eigenvalue weighted by Gasteiger charge is 2.27. The Morgan fingerprint density at radius 2 is 1.96 bits per heavy atom. The van der Waals surface area contributed by atoms with Gasteiger partial charge in [0.1, 0.15) is 28.1 Å².